The molecule has 1 aromatic carbocycles. The number of rotatable bonds is 5. The quantitative estimate of drug-likeness (QED) is 0.677. The number of nitrogens with one attached hydrogen (secondary N) is 2. The van der Waals surface area contributed by atoms with E-state index < -0.39 is 0 Å². The van der Waals surface area contributed by atoms with E-state index in [2.05, 4.69) is 36.5 Å². The molecule has 0 spiro atoms. The third-order valence-electron chi connectivity index (χ3n) is 3.60. The predicted octanol–water partition coefficient (Wildman–Crippen LogP) is 4.22. The van der Waals surface area contributed by atoms with Crippen molar-refractivity contribution in [3.05, 3.63) is 82.3 Å². The zero-order chi connectivity index (χ0) is 17.6. The van der Waals surface area contributed by atoms with Gasteiger partial charge in [-0.25, -0.2) is 0 Å². The number of benzene rings is 1. The number of aromatic nitrogens is 2. The highest BCUT2D eigenvalue weighted by molar-refractivity contribution is 9.10. The lowest BCUT2D eigenvalue weighted by atomic mass is 10.2. The van der Waals surface area contributed by atoms with Gasteiger partial charge in [-0.3, -0.25) is 14.8 Å². The molecule has 5 nitrogen and oxygen atoms in total. The van der Waals surface area contributed by atoms with E-state index in [1.807, 2.05) is 43.3 Å². The van der Waals surface area contributed by atoms with Gasteiger partial charge in [0, 0.05) is 22.6 Å². The summed E-state index contributed by atoms with van der Waals surface area (Å²) >= 11 is 3.48. The average Bonchev–Trinajstić information content (AvgIpc) is 2.64. The normalized spacial score (nSPS) is 10.3. The molecule has 25 heavy (non-hydrogen) atoms. The van der Waals surface area contributed by atoms with Crippen molar-refractivity contribution < 1.29 is 4.79 Å². The number of hydrogen-bond donors (Lipinski definition) is 2. The van der Waals surface area contributed by atoms with Crippen molar-refractivity contribution in [2.24, 2.45) is 0 Å². The summed E-state index contributed by atoms with van der Waals surface area (Å²) in [5.41, 5.74) is 4.13. The number of aryl methyl sites for hydroxylation is 1. The molecule has 0 atom stereocenters. The molecular weight excluding hydrogens is 380 g/mol. The Hall–Kier alpha value is -2.73. The predicted molar refractivity (Wildman–Crippen MR) is 102 cm³/mol. The van der Waals surface area contributed by atoms with E-state index >= 15 is 0 Å². The Balaban J connectivity index is 1.68. The zero-order valence-corrected chi connectivity index (χ0v) is 15.2. The summed E-state index contributed by atoms with van der Waals surface area (Å²) < 4.78 is 1.05. The minimum absolute atomic E-state index is 0.186. The molecule has 1 amide bonds. The van der Waals surface area contributed by atoms with E-state index in [0.29, 0.717) is 12.1 Å². The van der Waals surface area contributed by atoms with Crippen molar-refractivity contribution in [3.63, 3.8) is 0 Å². The van der Waals surface area contributed by atoms with Crippen LogP contribution in [-0.4, -0.2) is 15.9 Å². The summed E-state index contributed by atoms with van der Waals surface area (Å²) in [6.45, 7) is 2.40. The van der Waals surface area contributed by atoms with Crippen molar-refractivity contribution in [1.29, 1.82) is 0 Å². The second kappa shape index (κ2) is 7.90. The molecule has 2 aromatic heterocycles. The number of nitrogens with zero attached hydrogens (tertiary/aromatic N) is 2. The Morgan fingerprint density at radius 1 is 1.12 bits per heavy atom. The molecule has 3 aromatic rings. The standard InChI is InChI=1S/C19H17BrN4O/c1-13-8-15(5-6-18(13)20)24-17-9-14(10-21-11-17)19(25)23-12-16-4-2-3-7-22-16/h2-11,24H,12H2,1H3,(H,23,25). The van der Waals surface area contributed by atoms with Crippen LogP contribution in [0.1, 0.15) is 21.6 Å². The SMILES string of the molecule is Cc1cc(Nc2cncc(C(=O)NCc3ccccn3)c2)ccc1Br. The van der Waals surface area contributed by atoms with Crippen LogP contribution in [0.25, 0.3) is 0 Å². The summed E-state index contributed by atoms with van der Waals surface area (Å²) in [7, 11) is 0. The number of carbonyl (C=O) groups is 1. The van der Waals surface area contributed by atoms with Crippen molar-refractivity contribution >= 4 is 33.2 Å². The summed E-state index contributed by atoms with van der Waals surface area (Å²) in [4.78, 5) is 20.6. The van der Waals surface area contributed by atoms with Crippen LogP contribution in [0.5, 0.6) is 0 Å². The van der Waals surface area contributed by atoms with Gasteiger partial charge in [-0.15, -0.1) is 0 Å². The lowest BCUT2D eigenvalue weighted by Gasteiger charge is -2.10. The molecule has 0 aliphatic heterocycles. The lowest BCUT2D eigenvalue weighted by Crippen LogP contribution is -2.23. The second-order valence-electron chi connectivity index (χ2n) is 5.56. The van der Waals surface area contributed by atoms with Gasteiger partial charge in [-0.2, -0.15) is 0 Å². The average molecular weight is 397 g/mol. The van der Waals surface area contributed by atoms with Crippen molar-refractivity contribution in [2.45, 2.75) is 13.5 Å². The van der Waals surface area contributed by atoms with Crippen LogP contribution in [0.4, 0.5) is 11.4 Å². The molecule has 0 radical (unpaired) electrons. The molecule has 0 saturated carbocycles. The van der Waals surface area contributed by atoms with E-state index in [4.69, 9.17) is 0 Å². The molecule has 3 rings (SSSR count). The lowest BCUT2D eigenvalue weighted by molar-refractivity contribution is 0.0950. The fourth-order valence-corrected chi connectivity index (χ4v) is 2.54. The molecule has 2 heterocycles. The Morgan fingerprint density at radius 3 is 2.76 bits per heavy atom. The van der Waals surface area contributed by atoms with Crippen LogP contribution in [0.2, 0.25) is 0 Å². The monoisotopic (exact) mass is 396 g/mol. The highest BCUT2D eigenvalue weighted by Gasteiger charge is 2.08. The molecule has 0 aliphatic carbocycles. The van der Waals surface area contributed by atoms with Gasteiger partial charge in [0.15, 0.2) is 0 Å². The van der Waals surface area contributed by atoms with Crippen LogP contribution in [-0.2, 0) is 6.54 Å². The first-order valence-electron chi connectivity index (χ1n) is 7.78. The number of anilines is 2. The minimum Gasteiger partial charge on any atom is -0.354 e. The highest BCUT2D eigenvalue weighted by Crippen LogP contribution is 2.23. The number of pyridine rings is 2. The maximum absolute atomic E-state index is 12.3. The molecule has 0 fully saturated rings. The first-order chi connectivity index (χ1) is 12.1. The Kier molecular flexibility index (Phi) is 5.40. The van der Waals surface area contributed by atoms with E-state index in [-0.39, 0.29) is 5.91 Å². The summed E-state index contributed by atoms with van der Waals surface area (Å²) in [5, 5.41) is 6.11. The minimum atomic E-state index is -0.186. The van der Waals surface area contributed by atoms with Gasteiger partial charge in [0.25, 0.3) is 5.91 Å². The summed E-state index contributed by atoms with van der Waals surface area (Å²) in [6, 6.07) is 13.3. The van der Waals surface area contributed by atoms with Crippen molar-refractivity contribution in [3.8, 4) is 0 Å². The van der Waals surface area contributed by atoms with Crippen LogP contribution in [0.3, 0.4) is 0 Å². The molecule has 0 saturated heterocycles. The second-order valence-corrected chi connectivity index (χ2v) is 6.41. The van der Waals surface area contributed by atoms with Gasteiger partial charge in [0.05, 0.1) is 29.7 Å². The molecule has 0 aliphatic rings. The zero-order valence-electron chi connectivity index (χ0n) is 13.7. The Labute approximate surface area is 154 Å². The van der Waals surface area contributed by atoms with Gasteiger partial charge in [-0.1, -0.05) is 22.0 Å². The maximum atomic E-state index is 12.3. The van der Waals surface area contributed by atoms with E-state index in [9.17, 15) is 4.79 Å². The fourth-order valence-electron chi connectivity index (χ4n) is 2.30. The maximum Gasteiger partial charge on any atom is 0.253 e. The van der Waals surface area contributed by atoms with Crippen LogP contribution in [0.15, 0.2) is 65.5 Å². The molecule has 0 bridgehead atoms. The molecule has 126 valence electrons. The number of amides is 1. The number of halogens is 1. The van der Waals surface area contributed by atoms with Crippen molar-refractivity contribution in [2.75, 3.05) is 5.32 Å². The van der Waals surface area contributed by atoms with Gasteiger partial charge >= 0.3 is 0 Å². The third kappa shape index (κ3) is 4.64. The van der Waals surface area contributed by atoms with Crippen molar-refractivity contribution in [1.82, 2.24) is 15.3 Å². The Bertz CT molecular complexity index is 884. The van der Waals surface area contributed by atoms with Crippen LogP contribution < -0.4 is 10.6 Å². The fraction of sp³-hybridized carbons (Fsp3) is 0.105. The summed E-state index contributed by atoms with van der Waals surface area (Å²) in [5.74, 6) is -0.186. The number of hydrogen-bond acceptors (Lipinski definition) is 4. The highest BCUT2D eigenvalue weighted by atomic mass is 79.9. The topological polar surface area (TPSA) is 66.9 Å². The van der Waals surface area contributed by atoms with Crippen LogP contribution in [0, 0.1) is 6.92 Å². The summed E-state index contributed by atoms with van der Waals surface area (Å²) in [6.07, 6.45) is 4.94. The van der Waals surface area contributed by atoms with E-state index in [0.717, 1.165) is 27.1 Å². The van der Waals surface area contributed by atoms with Gasteiger partial charge < -0.3 is 10.6 Å². The van der Waals surface area contributed by atoms with Gasteiger partial charge in [-0.05, 0) is 48.9 Å². The molecule has 2 N–H and O–H groups in total. The van der Waals surface area contributed by atoms with Crippen LogP contribution >= 0.6 is 15.9 Å². The first kappa shape index (κ1) is 17.1. The largest absolute Gasteiger partial charge is 0.354 e. The first-order valence-corrected chi connectivity index (χ1v) is 8.57. The molecule has 0 unspecified atom stereocenters. The molecular formula is C19H17BrN4O. The third-order valence-corrected chi connectivity index (χ3v) is 4.49. The van der Waals surface area contributed by atoms with E-state index in [1.54, 1.807) is 24.7 Å². The van der Waals surface area contributed by atoms with E-state index in [1.165, 1.54) is 0 Å². The van der Waals surface area contributed by atoms with Gasteiger partial charge in [0.1, 0.15) is 0 Å². The molecule has 6 heteroatoms. The smallest absolute Gasteiger partial charge is 0.253 e. The van der Waals surface area contributed by atoms with Gasteiger partial charge in [0.2, 0.25) is 0 Å². The number of carbonyl (C=O) groups excluding carboxylic acids is 1. The Morgan fingerprint density at radius 2 is 2.00 bits per heavy atom.